The van der Waals surface area contributed by atoms with Gasteiger partial charge in [-0.2, -0.15) is 0 Å². The number of hydrogen-bond donors (Lipinski definition) is 0. The van der Waals surface area contributed by atoms with Crippen molar-refractivity contribution in [2.75, 3.05) is 13.2 Å². The van der Waals surface area contributed by atoms with Gasteiger partial charge in [0, 0.05) is 0 Å². The molecule has 0 radical (unpaired) electrons. The van der Waals surface area contributed by atoms with Crippen LogP contribution in [0.25, 0.3) is 0 Å². The van der Waals surface area contributed by atoms with Crippen LogP contribution in [0.4, 0.5) is 0 Å². The van der Waals surface area contributed by atoms with Crippen molar-refractivity contribution in [3.63, 3.8) is 0 Å². The van der Waals surface area contributed by atoms with Crippen LogP contribution >= 0.6 is 0 Å². The molecular formula is C14H26O4. The molecule has 0 saturated carbocycles. The van der Waals surface area contributed by atoms with E-state index < -0.39 is 17.9 Å². The van der Waals surface area contributed by atoms with E-state index in [-0.39, 0.29) is 5.92 Å². The maximum absolute atomic E-state index is 11.8. The number of carbonyl (C=O) groups excluding carboxylic acids is 2. The number of esters is 2. The second-order valence-corrected chi connectivity index (χ2v) is 4.76. The summed E-state index contributed by atoms with van der Waals surface area (Å²) >= 11 is 0. The molecule has 4 nitrogen and oxygen atoms in total. The lowest BCUT2D eigenvalue weighted by Gasteiger charge is -2.18. The Morgan fingerprint density at radius 2 is 1.28 bits per heavy atom. The summed E-state index contributed by atoms with van der Waals surface area (Å²) in [4.78, 5) is 23.6. The number of rotatable bonds is 9. The molecule has 0 aliphatic rings. The van der Waals surface area contributed by atoms with E-state index in [0.29, 0.717) is 13.2 Å². The summed E-state index contributed by atoms with van der Waals surface area (Å²) in [6, 6.07) is 0. The van der Waals surface area contributed by atoms with Gasteiger partial charge in [-0.15, -0.1) is 0 Å². The van der Waals surface area contributed by atoms with Crippen molar-refractivity contribution >= 4 is 11.9 Å². The average Bonchev–Trinajstić information content (AvgIpc) is 2.29. The first kappa shape index (κ1) is 16.9. The van der Waals surface area contributed by atoms with Gasteiger partial charge in [0.05, 0.1) is 13.2 Å². The smallest absolute Gasteiger partial charge is 0.320 e. The minimum atomic E-state index is -0.793. The first-order chi connectivity index (χ1) is 8.54. The van der Waals surface area contributed by atoms with Gasteiger partial charge < -0.3 is 9.47 Å². The van der Waals surface area contributed by atoms with Gasteiger partial charge in [0.2, 0.25) is 0 Å². The second kappa shape index (κ2) is 9.92. The van der Waals surface area contributed by atoms with Crippen molar-refractivity contribution < 1.29 is 19.1 Å². The van der Waals surface area contributed by atoms with Crippen molar-refractivity contribution in [3.05, 3.63) is 0 Å². The molecule has 0 spiro atoms. The molecule has 4 heteroatoms. The molecule has 0 rings (SSSR count). The Morgan fingerprint density at radius 3 is 1.56 bits per heavy atom. The predicted octanol–water partition coefficient (Wildman–Crippen LogP) is 2.95. The fraction of sp³-hybridized carbons (Fsp3) is 0.857. The minimum Gasteiger partial charge on any atom is -0.465 e. The molecule has 0 aliphatic heterocycles. The zero-order valence-electron chi connectivity index (χ0n) is 12.0. The third-order valence-corrected chi connectivity index (χ3v) is 2.66. The van der Waals surface area contributed by atoms with E-state index >= 15 is 0 Å². The SMILES string of the molecule is CCCCOC(=O)C(C(=O)OCCCC)C(C)C. The number of ether oxygens (including phenoxy) is 2. The van der Waals surface area contributed by atoms with Gasteiger partial charge in [-0.25, -0.2) is 0 Å². The van der Waals surface area contributed by atoms with Crippen molar-refractivity contribution in [2.45, 2.75) is 53.4 Å². The van der Waals surface area contributed by atoms with Gasteiger partial charge in [0.25, 0.3) is 0 Å². The summed E-state index contributed by atoms with van der Waals surface area (Å²) in [5.74, 6) is -1.81. The molecule has 0 saturated heterocycles. The Balaban J connectivity index is 4.27. The van der Waals surface area contributed by atoms with Gasteiger partial charge in [-0.05, 0) is 18.8 Å². The monoisotopic (exact) mass is 258 g/mol. The van der Waals surface area contributed by atoms with Crippen LogP contribution in [0.3, 0.4) is 0 Å². The van der Waals surface area contributed by atoms with Gasteiger partial charge in [0.15, 0.2) is 5.92 Å². The molecule has 0 unspecified atom stereocenters. The molecule has 0 aliphatic carbocycles. The molecule has 18 heavy (non-hydrogen) atoms. The molecule has 0 amide bonds. The van der Waals surface area contributed by atoms with Crippen LogP contribution in [0.15, 0.2) is 0 Å². The van der Waals surface area contributed by atoms with E-state index in [2.05, 4.69) is 0 Å². The normalized spacial score (nSPS) is 10.8. The fourth-order valence-electron chi connectivity index (χ4n) is 1.45. The third kappa shape index (κ3) is 6.62. The summed E-state index contributed by atoms with van der Waals surface area (Å²) in [7, 11) is 0. The maximum atomic E-state index is 11.8. The Morgan fingerprint density at radius 1 is 0.889 bits per heavy atom. The van der Waals surface area contributed by atoms with Gasteiger partial charge in [-0.3, -0.25) is 9.59 Å². The van der Waals surface area contributed by atoms with Gasteiger partial charge in [-0.1, -0.05) is 40.5 Å². The highest BCUT2D eigenvalue weighted by atomic mass is 16.6. The largest absolute Gasteiger partial charge is 0.465 e. The first-order valence-corrected chi connectivity index (χ1v) is 6.87. The standard InChI is InChI=1S/C14H26O4/c1-5-7-9-17-13(15)12(11(3)4)14(16)18-10-8-6-2/h11-12H,5-10H2,1-4H3. The van der Waals surface area contributed by atoms with E-state index in [1.165, 1.54) is 0 Å². The Kier molecular flexibility index (Phi) is 9.33. The third-order valence-electron chi connectivity index (χ3n) is 2.66. The van der Waals surface area contributed by atoms with Crippen molar-refractivity contribution in [1.29, 1.82) is 0 Å². The summed E-state index contributed by atoms with van der Waals surface area (Å²) in [6.07, 6.45) is 3.56. The quantitative estimate of drug-likeness (QED) is 0.362. The maximum Gasteiger partial charge on any atom is 0.320 e. The lowest BCUT2D eigenvalue weighted by Crippen LogP contribution is -2.32. The molecule has 0 bridgehead atoms. The highest BCUT2D eigenvalue weighted by Crippen LogP contribution is 2.15. The highest BCUT2D eigenvalue weighted by molar-refractivity contribution is 5.95. The summed E-state index contributed by atoms with van der Waals surface area (Å²) in [6.45, 7) is 8.45. The molecular weight excluding hydrogens is 232 g/mol. The predicted molar refractivity (Wildman–Crippen MR) is 70.1 cm³/mol. The topological polar surface area (TPSA) is 52.6 Å². The summed E-state index contributed by atoms with van der Waals surface area (Å²) in [5.41, 5.74) is 0. The van der Waals surface area contributed by atoms with Crippen molar-refractivity contribution in [1.82, 2.24) is 0 Å². The first-order valence-electron chi connectivity index (χ1n) is 6.87. The summed E-state index contributed by atoms with van der Waals surface area (Å²) in [5, 5.41) is 0. The van der Waals surface area contributed by atoms with Crippen molar-refractivity contribution in [2.24, 2.45) is 11.8 Å². The van der Waals surface area contributed by atoms with Gasteiger partial charge in [0.1, 0.15) is 0 Å². The van der Waals surface area contributed by atoms with Crippen LogP contribution in [-0.2, 0) is 19.1 Å². The average molecular weight is 258 g/mol. The van der Waals surface area contributed by atoms with Crippen LogP contribution in [0.1, 0.15) is 53.4 Å². The molecule has 0 aromatic heterocycles. The Bertz CT molecular complexity index is 226. The molecule has 0 aromatic rings. The number of hydrogen-bond acceptors (Lipinski definition) is 4. The summed E-state index contributed by atoms with van der Waals surface area (Å²) < 4.78 is 10.2. The van der Waals surface area contributed by atoms with Gasteiger partial charge >= 0.3 is 11.9 Å². The highest BCUT2D eigenvalue weighted by Gasteiger charge is 2.32. The lowest BCUT2D eigenvalue weighted by atomic mass is 9.96. The molecule has 0 N–H and O–H groups in total. The molecule has 0 aromatic carbocycles. The van der Waals surface area contributed by atoms with E-state index in [9.17, 15) is 9.59 Å². The van der Waals surface area contributed by atoms with E-state index in [1.54, 1.807) is 0 Å². The van der Waals surface area contributed by atoms with E-state index in [0.717, 1.165) is 25.7 Å². The lowest BCUT2D eigenvalue weighted by molar-refractivity contribution is -0.164. The van der Waals surface area contributed by atoms with Crippen molar-refractivity contribution in [3.8, 4) is 0 Å². The van der Waals surface area contributed by atoms with Crippen LogP contribution in [0.2, 0.25) is 0 Å². The fourth-order valence-corrected chi connectivity index (χ4v) is 1.45. The Hall–Kier alpha value is -1.06. The molecule has 0 heterocycles. The second-order valence-electron chi connectivity index (χ2n) is 4.76. The van der Waals surface area contributed by atoms with E-state index in [4.69, 9.17) is 9.47 Å². The van der Waals surface area contributed by atoms with Crippen LogP contribution < -0.4 is 0 Å². The minimum absolute atomic E-state index is 0.103. The number of unbranched alkanes of at least 4 members (excludes halogenated alkanes) is 2. The van der Waals surface area contributed by atoms with E-state index in [1.807, 2.05) is 27.7 Å². The number of carbonyl (C=O) groups is 2. The molecule has 0 atom stereocenters. The zero-order chi connectivity index (χ0) is 14.0. The molecule has 0 fully saturated rings. The van der Waals surface area contributed by atoms with Crippen LogP contribution in [0, 0.1) is 11.8 Å². The van der Waals surface area contributed by atoms with Crippen LogP contribution in [-0.4, -0.2) is 25.2 Å². The zero-order valence-corrected chi connectivity index (χ0v) is 12.0. The molecule has 106 valence electrons. The Labute approximate surface area is 110 Å². The van der Waals surface area contributed by atoms with Crippen LogP contribution in [0.5, 0.6) is 0 Å².